The molecule has 140 valence electrons. The largest absolute Gasteiger partial charge is 0.480 e. The van der Waals surface area contributed by atoms with Crippen LogP contribution in [0.4, 0.5) is 0 Å². The van der Waals surface area contributed by atoms with Crippen LogP contribution in [0, 0.1) is 0 Å². The second-order valence-corrected chi connectivity index (χ2v) is 5.45. The van der Waals surface area contributed by atoms with Crippen LogP contribution in [0.5, 0.6) is 0 Å². The molecule has 26 heavy (non-hydrogen) atoms. The Morgan fingerprint density at radius 3 is 2.12 bits per heavy atom. The lowest BCUT2D eigenvalue weighted by Crippen LogP contribution is -2.40. The smallest absolute Gasteiger partial charge is 0.328 e. The van der Waals surface area contributed by atoms with E-state index in [2.05, 4.69) is 15.4 Å². The molecule has 0 heterocycles. The normalized spacial score (nSPS) is 12.8. The zero-order chi connectivity index (χ0) is 19.5. The minimum absolute atomic E-state index is 0.0296. The molecule has 2 atom stereocenters. The van der Waals surface area contributed by atoms with Gasteiger partial charge in [-0.15, -0.1) is 0 Å². The van der Waals surface area contributed by atoms with Crippen LogP contribution >= 0.6 is 0 Å². The van der Waals surface area contributed by atoms with Crippen molar-refractivity contribution in [1.82, 2.24) is 10.6 Å². The molecule has 3 N–H and O–H groups in total. The van der Waals surface area contributed by atoms with Crippen LogP contribution in [0.3, 0.4) is 0 Å². The highest BCUT2D eigenvalue weighted by molar-refractivity contribution is 5.96. The second kappa shape index (κ2) is 10.7. The lowest BCUT2D eigenvalue weighted by atomic mass is 10.1. The molecule has 0 aliphatic rings. The quantitative estimate of drug-likeness (QED) is 0.443. The Morgan fingerprint density at radius 1 is 1.04 bits per heavy atom. The molecule has 8 nitrogen and oxygen atoms in total. The van der Waals surface area contributed by atoms with Crippen LogP contribution in [0.15, 0.2) is 42.5 Å². The van der Waals surface area contributed by atoms with Gasteiger partial charge in [0.15, 0.2) is 0 Å². The topological polar surface area (TPSA) is 122 Å². The van der Waals surface area contributed by atoms with Crippen molar-refractivity contribution in [2.24, 2.45) is 0 Å². The standard InChI is InChI=1S/C18H22N2O6/c1-12(21)19-15(18(25)26-2)11-7-6-10-14(17(23)24)20-16(22)13-8-4-3-5-9-13/h3-9,14-15H,10-11H2,1-2H3,(H,19,21)(H,20,22)(H,23,24). The van der Waals surface area contributed by atoms with Gasteiger partial charge in [0, 0.05) is 12.5 Å². The first kappa shape index (κ1) is 20.9. The Bertz CT molecular complexity index is 672. The summed E-state index contributed by atoms with van der Waals surface area (Å²) in [5.41, 5.74) is 0.360. The number of aliphatic carboxylic acids is 1. The van der Waals surface area contributed by atoms with Crippen molar-refractivity contribution in [3.05, 3.63) is 48.0 Å². The van der Waals surface area contributed by atoms with E-state index < -0.39 is 29.9 Å². The first-order chi connectivity index (χ1) is 12.3. The summed E-state index contributed by atoms with van der Waals surface area (Å²) >= 11 is 0. The number of esters is 1. The number of carbonyl (C=O) groups excluding carboxylic acids is 3. The van der Waals surface area contributed by atoms with Crippen LogP contribution in [0.2, 0.25) is 0 Å². The number of hydrogen-bond acceptors (Lipinski definition) is 5. The molecule has 0 radical (unpaired) electrons. The average molecular weight is 362 g/mol. The number of hydrogen-bond donors (Lipinski definition) is 3. The minimum atomic E-state index is -1.18. The number of methoxy groups -OCH3 is 1. The number of carboxylic acids is 1. The predicted molar refractivity (Wildman–Crippen MR) is 93.3 cm³/mol. The fourth-order valence-electron chi connectivity index (χ4n) is 2.12. The molecule has 2 unspecified atom stereocenters. The van der Waals surface area contributed by atoms with Crippen molar-refractivity contribution in [3.8, 4) is 0 Å². The van der Waals surface area contributed by atoms with Gasteiger partial charge in [-0.25, -0.2) is 9.59 Å². The fraction of sp³-hybridized carbons (Fsp3) is 0.333. The third-order valence-corrected chi connectivity index (χ3v) is 3.41. The lowest BCUT2D eigenvalue weighted by Gasteiger charge is -2.14. The van der Waals surface area contributed by atoms with Gasteiger partial charge in [0.05, 0.1) is 7.11 Å². The third-order valence-electron chi connectivity index (χ3n) is 3.41. The monoisotopic (exact) mass is 362 g/mol. The maximum Gasteiger partial charge on any atom is 0.328 e. The first-order valence-corrected chi connectivity index (χ1v) is 7.93. The predicted octanol–water partition coefficient (Wildman–Crippen LogP) is 0.884. The zero-order valence-corrected chi connectivity index (χ0v) is 14.6. The molecule has 0 aromatic heterocycles. The molecule has 0 spiro atoms. The Kier molecular flexibility index (Phi) is 8.56. The maximum absolute atomic E-state index is 12.0. The molecule has 1 aromatic rings. The van der Waals surface area contributed by atoms with Gasteiger partial charge in [-0.1, -0.05) is 30.4 Å². The third kappa shape index (κ3) is 7.16. The summed E-state index contributed by atoms with van der Waals surface area (Å²) in [4.78, 5) is 46.0. The van der Waals surface area contributed by atoms with E-state index in [1.807, 2.05) is 0 Å². The summed E-state index contributed by atoms with van der Waals surface area (Å²) < 4.78 is 4.59. The molecule has 8 heteroatoms. The van der Waals surface area contributed by atoms with Gasteiger partial charge in [0.1, 0.15) is 12.1 Å². The number of nitrogens with one attached hydrogen (secondary N) is 2. The van der Waals surface area contributed by atoms with Gasteiger partial charge in [0.2, 0.25) is 5.91 Å². The lowest BCUT2D eigenvalue weighted by molar-refractivity contribution is -0.144. The Hall–Kier alpha value is -3.16. The highest BCUT2D eigenvalue weighted by Crippen LogP contribution is 2.03. The molecule has 1 rings (SSSR count). The maximum atomic E-state index is 12.0. The van der Waals surface area contributed by atoms with Crippen LogP contribution in [-0.4, -0.2) is 48.1 Å². The summed E-state index contributed by atoms with van der Waals surface area (Å²) in [6.45, 7) is 1.28. The molecule has 0 aliphatic carbocycles. The van der Waals surface area contributed by atoms with Gasteiger partial charge >= 0.3 is 11.9 Å². The molecule has 1 aromatic carbocycles. The van der Waals surface area contributed by atoms with Crippen molar-refractivity contribution in [2.75, 3.05) is 7.11 Å². The van der Waals surface area contributed by atoms with Crippen LogP contribution < -0.4 is 10.6 Å². The van der Waals surface area contributed by atoms with E-state index in [-0.39, 0.29) is 18.7 Å². The van der Waals surface area contributed by atoms with Crippen molar-refractivity contribution >= 4 is 23.8 Å². The number of rotatable bonds is 9. The molecular weight excluding hydrogens is 340 g/mol. The Morgan fingerprint density at radius 2 is 1.62 bits per heavy atom. The Balaban J connectivity index is 2.63. The van der Waals surface area contributed by atoms with E-state index in [0.717, 1.165) is 0 Å². The molecule has 2 amide bonds. The van der Waals surface area contributed by atoms with Crippen LogP contribution in [-0.2, 0) is 19.1 Å². The van der Waals surface area contributed by atoms with Crippen molar-refractivity contribution < 1.29 is 29.0 Å². The second-order valence-electron chi connectivity index (χ2n) is 5.45. The van der Waals surface area contributed by atoms with Gasteiger partial charge in [-0.3, -0.25) is 9.59 Å². The molecule has 0 saturated carbocycles. The average Bonchev–Trinajstić information content (AvgIpc) is 2.62. The van der Waals surface area contributed by atoms with Gasteiger partial charge in [-0.05, 0) is 25.0 Å². The van der Waals surface area contributed by atoms with E-state index in [0.29, 0.717) is 5.56 Å². The molecular formula is C18H22N2O6. The summed E-state index contributed by atoms with van der Waals surface area (Å²) in [5, 5.41) is 14.1. The van der Waals surface area contributed by atoms with E-state index in [1.54, 1.807) is 36.4 Å². The van der Waals surface area contributed by atoms with Crippen molar-refractivity contribution in [3.63, 3.8) is 0 Å². The summed E-state index contributed by atoms with van der Waals surface area (Å²) in [5.74, 6) is -2.65. The van der Waals surface area contributed by atoms with Crippen LogP contribution in [0.25, 0.3) is 0 Å². The summed E-state index contributed by atoms with van der Waals surface area (Å²) in [7, 11) is 1.21. The number of carbonyl (C=O) groups is 4. The highest BCUT2D eigenvalue weighted by atomic mass is 16.5. The minimum Gasteiger partial charge on any atom is -0.480 e. The molecule has 0 bridgehead atoms. The Labute approximate surface area is 151 Å². The van der Waals surface area contributed by atoms with Crippen LogP contribution in [0.1, 0.15) is 30.1 Å². The molecule has 0 saturated heterocycles. The van der Waals surface area contributed by atoms with Crippen molar-refractivity contribution in [2.45, 2.75) is 31.8 Å². The SMILES string of the molecule is COC(=O)C(CC=CCC(NC(=O)c1ccccc1)C(=O)O)NC(C)=O. The van der Waals surface area contributed by atoms with E-state index in [4.69, 9.17) is 0 Å². The fourth-order valence-corrected chi connectivity index (χ4v) is 2.12. The first-order valence-electron chi connectivity index (χ1n) is 7.93. The number of ether oxygens (including phenoxy) is 1. The van der Waals surface area contributed by atoms with Gasteiger partial charge in [0.25, 0.3) is 5.91 Å². The molecule has 0 fully saturated rings. The van der Waals surface area contributed by atoms with Gasteiger partial charge < -0.3 is 20.5 Å². The van der Waals surface area contributed by atoms with E-state index in [9.17, 15) is 24.3 Å². The van der Waals surface area contributed by atoms with E-state index in [1.165, 1.54) is 20.1 Å². The zero-order valence-electron chi connectivity index (χ0n) is 14.6. The highest BCUT2D eigenvalue weighted by Gasteiger charge is 2.20. The number of benzene rings is 1. The molecule has 0 aliphatic heterocycles. The number of amides is 2. The summed E-state index contributed by atoms with van der Waals surface area (Å²) in [6, 6.07) is 6.31. The van der Waals surface area contributed by atoms with Gasteiger partial charge in [-0.2, -0.15) is 0 Å². The number of carboxylic acid groups (broad SMARTS) is 1. The van der Waals surface area contributed by atoms with Crippen molar-refractivity contribution in [1.29, 1.82) is 0 Å². The van der Waals surface area contributed by atoms with E-state index >= 15 is 0 Å². The summed E-state index contributed by atoms with van der Waals surface area (Å²) in [6.07, 6.45) is 3.26.